The smallest absolute Gasteiger partial charge is 0.159 e. The van der Waals surface area contributed by atoms with E-state index in [4.69, 9.17) is 0 Å². The lowest BCUT2D eigenvalue weighted by Gasteiger charge is -2.36. The molecule has 4 heteroatoms. The van der Waals surface area contributed by atoms with Crippen molar-refractivity contribution in [3.8, 4) is 0 Å². The minimum absolute atomic E-state index is 0.0939. The maximum atomic E-state index is 13.2. The summed E-state index contributed by atoms with van der Waals surface area (Å²) in [5, 5.41) is 0. The second kappa shape index (κ2) is 6.92. The van der Waals surface area contributed by atoms with Gasteiger partial charge in [0.15, 0.2) is 5.78 Å². The number of carbonyl (C=O) groups is 1. The quantitative estimate of drug-likeness (QED) is 0.809. The van der Waals surface area contributed by atoms with E-state index in [2.05, 4.69) is 9.80 Å². The Bertz CT molecular complexity index is 676. The van der Waals surface area contributed by atoms with Crippen LogP contribution in [0.3, 0.4) is 0 Å². The Labute approximate surface area is 136 Å². The van der Waals surface area contributed by atoms with E-state index in [1.165, 1.54) is 6.07 Å². The van der Waals surface area contributed by atoms with Gasteiger partial charge in [0.2, 0.25) is 0 Å². The lowest BCUT2D eigenvalue weighted by Crippen LogP contribution is -2.45. The van der Waals surface area contributed by atoms with Crippen LogP contribution in [0.2, 0.25) is 0 Å². The number of hydrogen-bond donors (Lipinski definition) is 0. The lowest BCUT2D eigenvalue weighted by atomic mass is 10.1. The molecule has 0 unspecified atom stereocenters. The standard InChI is InChI=1S/C19H21FN2O/c1-15(23)17-5-7-19(8-6-17)22-11-9-21(10-12-22)14-16-3-2-4-18(20)13-16/h2-8,13H,9-12,14H2,1H3. The molecule has 120 valence electrons. The molecule has 1 heterocycles. The van der Waals surface area contributed by atoms with Crippen LogP contribution >= 0.6 is 0 Å². The van der Waals surface area contributed by atoms with E-state index in [-0.39, 0.29) is 11.6 Å². The van der Waals surface area contributed by atoms with Gasteiger partial charge >= 0.3 is 0 Å². The fourth-order valence-corrected chi connectivity index (χ4v) is 2.96. The summed E-state index contributed by atoms with van der Waals surface area (Å²) < 4.78 is 13.2. The number of ketones is 1. The van der Waals surface area contributed by atoms with Crippen LogP contribution in [0.5, 0.6) is 0 Å². The molecule has 3 nitrogen and oxygen atoms in total. The van der Waals surface area contributed by atoms with Crippen molar-refractivity contribution in [3.63, 3.8) is 0 Å². The van der Waals surface area contributed by atoms with E-state index in [1.54, 1.807) is 19.1 Å². The van der Waals surface area contributed by atoms with Gasteiger partial charge in [-0.3, -0.25) is 9.69 Å². The van der Waals surface area contributed by atoms with Gasteiger partial charge in [0.05, 0.1) is 0 Å². The Kier molecular flexibility index (Phi) is 4.72. The lowest BCUT2D eigenvalue weighted by molar-refractivity contribution is 0.101. The summed E-state index contributed by atoms with van der Waals surface area (Å²) in [6.45, 7) is 6.15. The topological polar surface area (TPSA) is 23.6 Å². The van der Waals surface area contributed by atoms with Crippen LogP contribution in [-0.4, -0.2) is 36.9 Å². The van der Waals surface area contributed by atoms with Gasteiger partial charge in [-0.05, 0) is 48.9 Å². The van der Waals surface area contributed by atoms with Gasteiger partial charge in [0.25, 0.3) is 0 Å². The minimum atomic E-state index is -0.174. The number of halogens is 1. The molecule has 0 aromatic heterocycles. The van der Waals surface area contributed by atoms with Crippen molar-refractivity contribution >= 4 is 11.5 Å². The third kappa shape index (κ3) is 3.96. The fraction of sp³-hybridized carbons (Fsp3) is 0.316. The SMILES string of the molecule is CC(=O)c1ccc(N2CCN(Cc3cccc(F)c3)CC2)cc1. The Balaban J connectivity index is 1.56. The second-order valence-corrected chi connectivity index (χ2v) is 6.00. The Hall–Kier alpha value is -2.20. The van der Waals surface area contributed by atoms with E-state index in [0.29, 0.717) is 0 Å². The molecule has 0 N–H and O–H groups in total. The maximum absolute atomic E-state index is 13.2. The summed E-state index contributed by atoms with van der Waals surface area (Å²) in [6.07, 6.45) is 0. The van der Waals surface area contributed by atoms with E-state index in [1.807, 2.05) is 30.3 Å². The Morgan fingerprint density at radius 2 is 1.74 bits per heavy atom. The number of carbonyl (C=O) groups excluding carboxylic acids is 1. The average molecular weight is 312 g/mol. The molecule has 3 rings (SSSR count). The van der Waals surface area contributed by atoms with E-state index < -0.39 is 0 Å². The largest absolute Gasteiger partial charge is 0.369 e. The summed E-state index contributed by atoms with van der Waals surface area (Å²) in [4.78, 5) is 16.0. The van der Waals surface area contributed by atoms with Crippen molar-refractivity contribution in [1.82, 2.24) is 4.90 Å². The molecule has 0 amide bonds. The van der Waals surface area contributed by atoms with Gasteiger partial charge in [0, 0.05) is 44.0 Å². The molecule has 2 aromatic rings. The Morgan fingerprint density at radius 3 is 2.35 bits per heavy atom. The number of Topliss-reactive ketones (excluding diaryl/α,β-unsaturated/α-hetero) is 1. The first-order chi connectivity index (χ1) is 11.1. The molecule has 0 radical (unpaired) electrons. The molecule has 0 atom stereocenters. The second-order valence-electron chi connectivity index (χ2n) is 6.00. The van der Waals surface area contributed by atoms with Gasteiger partial charge in [-0.2, -0.15) is 0 Å². The normalized spacial score (nSPS) is 15.7. The molecular weight excluding hydrogens is 291 g/mol. The number of hydrogen-bond acceptors (Lipinski definition) is 3. The van der Waals surface area contributed by atoms with Crippen molar-refractivity contribution < 1.29 is 9.18 Å². The van der Waals surface area contributed by atoms with Gasteiger partial charge in [0.1, 0.15) is 5.82 Å². The first-order valence-corrected chi connectivity index (χ1v) is 7.94. The highest BCUT2D eigenvalue weighted by atomic mass is 19.1. The van der Waals surface area contributed by atoms with Crippen molar-refractivity contribution in [3.05, 3.63) is 65.5 Å². The van der Waals surface area contributed by atoms with Gasteiger partial charge < -0.3 is 4.90 Å². The molecule has 0 spiro atoms. The summed E-state index contributed by atoms with van der Waals surface area (Å²) in [5.41, 5.74) is 2.92. The molecule has 0 aliphatic carbocycles. The van der Waals surface area contributed by atoms with Gasteiger partial charge in [-0.25, -0.2) is 4.39 Å². The molecule has 0 bridgehead atoms. The van der Waals surface area contributed by atoms with Crippen molar-refractivity contribution in [2.24, 2.45) is 0 Å². The molecular formula is C19H21FN2O. The predicted molar refractivity (Wildman–Crippen MR) is 90.3 cm³/mol. The number of rotatable bonds is 4. The first kappa shape index (κ1) is 15.7. The number of benzene rings is 2. The number of piperazine rings is 1. The van der Waals surface area contributed by atoms with Crippen LogP contribution in [-0.2, 0) is 6.54 Å². The zero-order valence-corrected chi connectivity index (χ0v) is 13.3. The van der Waals surface area contributed by atoms with Crippen LogP contribution in [0.25, 0.3) is 0 Å². The zero-order valence-electron chi connectivity index (χ0n) is 13.3. The van der Waals surface area contributed by atoms with E-state index in [0.717, 1.165) is 49.5 Å². The monoisotopic (exact) mass is 312 g/mol. The fourth-order valence-electron chi connectivity index (χ4n) is 2.96. The predicted octanol–water partition coefficient (Wildman–Crippen LogP) is 3.35. The van der Waals surface area contributed by atoms with E-state index >= 15 is 0 Å². The van der Waals surface area contributed by atoms with Crippen LogP contribution < -0.4 is 4.90 Å². The summed E-state index contributed by atoms with van der Waals surface area (Å²) >= 11 is 0. The minimum Gasteiger partial charge on any atom is -0.369 e. The highest BCUT2D eigenvalue weighted by Gasteiger charge is 2.17. The third-order valence-electron chi connectivity index (χ3n) is 4.31. The molecule has 0 saturated carbocycles. The number of nitrogens with zero attached hydrogens (tertiary/aromatic N) is 2. The summed E-state index contributed by atoms with van der Waals surface area (Å²) in [6, 6.07) is 14.6. The molecule has 1 saturated heterocycles. The van der Waals surface area contributed by atoms with E-state index in [9.17, 15) is 9.18 Å². The molecule has 2 aromatic carbocycles. The van der Waals surface area contributed by atoms with Crippen molar-refractivity contribution in [2.45, 2.75) is 13.5 Å². The molecule has 1 fully saturated rings. The highest BCUT2D eigenvalue weighted by Crippen LogP contribution is 2.18. The molecule has 1 aliphatic rings. The van der Waals surface area contributed by atoms with Crippen LogP contribution in [0.4, 0.5) is 10.1 Å². The molecule has 1 aliphatic heterocycles. The third-order valence-corrected chi connectivity index (χ3v) is 4.31. The van der Waals surface area contributed by atoms with Crippen molar-refractivity contribution in [2.75, 3.05) is 31.1 Å². The van der Waals surface area contributed by atoms with Gasteiger partial charge in [-0.1, -0.05) is 12.1 Å². The van der Waals surface area contributed by atoms with Crippen molar-refractivity contribution in [1.29, 1.82) is 0 Å². The summed E-state index contributed by atoms with van der Waals surface area (Å²) in [7, 11) is 0. The maximum Gasteiger partial charge on any atom is 0.159 e. The number of anilines is 1. The summed E-state index contributed by atoms with van der Waals surface area (Å²) in [5.74, 6) is -0.0804. The highest BCUT2D eigenvalue weighted by molar-refractivity contribution is 5.94. The zero-order chi connectivity index (χ0) is 16.2. The van der Waals surface area contributed by atoms with Gasteiger partial charge in [-0.15, -0.1) is 0 Å². The average Bonchev–Trinajstić information content (AvgIpc) is 2.56. The molecule has 23 heavy (non-hydrogen) atoms. The van der Waals surface area contributed by atoms with Crippen LogP contribution in [0, 0.1) is 5.82 Å². The first-order valence-electron chi connectivity index (χ1n) is 7.94. The van der Waals surface area contributed by atoms with Crippen LogP contribution in [0.1, 0.15) is 22.8 Å². The Morgan fingerprint density at radius 1 is 1.04 bits per heavy atom. The van der Waals surface area contributed by atoms with Crippen LogP contribution in [0.15, 0.2) is 48.5 Å².